The molecule has 7 nitrogen and oxygen atoms in total. The van der Waals surface area contributed by atoms with Crippen molar-refractivity contribution in [1.29, 1.82) is 0 Å². The molecule has 0 atom stereocenters. The van der Waals surface area contributed by atoms with Crippen LogP contribution in [0.25, 0.3) is 0 Å². The molecule has 7 heteroatoms. The number of rotatable bonds is 7. The quantitative estimate of drug-likeness (QED) is 0.330. The second-order valence-electron chi connectivity index (χ2n) is 4.20. The third kappa shape index (κ3) is 4.51. The molecule has 1 aromatic carbocycles. The molecule has 0 aliphatic carbocycles. The molecule has 0 fully saturated rings. The summed E-state index contributed by atoms with van der Waals surface area (Å²) in [5.74, 6) is -0.562. The Kier molecular flexibility index (Phi) is 5.92. The van der Waals surface area contributed by atoms with Crippen molar-refractivity contribution < 1.29 is 23.9 Å². The van der Waals surface area contributed by atoms with E-state index in [1.165, 1.54) is 25.3 Å². The van der Waals surface area contributed by atoms with Gasteiger partial charge in [0.15, 0.2) is 5.75 Å². The lowest BCUT2D eigenvalue weighted by molar-refractivity contribution is -0.385. The molecule has 0 unspecified atom stereocenters. The molecule has 0 radical (unpaired) electrons. The van der Waals surface area contributed by atoms with Crippen molar-refractivity contribution in [3.63, 3.8) is 0 Å². The number of carbonyl (C=O) groups excluding carboxylic acids is 1. The molecule has 0 amide bonds. The second kappa shape index (κ2) is 7.44. The highest BCUT2D eigenvalue weighted by atomic mass is 16.6. The first-order chi connectivity index (χ1) is 9.45. The van der Waals surface area contributed by atoms with Gasteiger partial charge >= 0.3 is 11.7 Å². The molecule has 0 aliphatic rings. The average Bonchev–Trinajstić information content (AvgIpc) is 2.42. The van der Waals surface area contributed by atoms with Crippen molar-refractivity contribution in [3.05, 3.63) is 33.9 Å². The summed E-state index contributed by atoms with van der Waals surface area (Å²) < 4.78 is 15.1. The zero-order valence-corrected chi connectivity index (χ0v) is 11.6. The summed E-state index contributed by atoms with van der Waals surface area (Å²) in [5, 5.41) is 10.9. The zero-order chi connectivity index (χ0) is 15.1. The van der Waals surface area contributed by atoms with Gasteiger partial charge in [0.25, 0.3) is 0 Å². The van der Waals surface area contributed by atoms with Gasteiger partial charge in [0.2, 0.25) is 0 Å². The van der Waals surface area contributed by atoms with E-state index >= 15 is 0 Å². The number of benzene rings is 1. The summed E-state index contributed by atoms with van der Waals surface area (Å²) in [5.41, 5.74) is -0.0138. The van der Waals surface area contributed by atoms with E-state index in [0.29, 0.717) is 6.61 Å². The van der Waals surface area contributed by atoms with Crippen LogP contribution >= 0.6 is 0 Å². The highest BCUT2D eigenvalue weighted by molar-refractivity contribution is 5.90. The highest BCUT2D eigenvalue weighted by Crippen LogP contribution is 2.28. The van der Waals surface area contributed by atoms with Gasteiger partial charge in [-0.1, -0.05) is 0 Å². The van der Waals surface area contributed by atoms with Crippen LogP contribution in [0.15, 0.2) is 18.2 Å². The summed E-state index contributed by atoms with van der Waals surface area (Å²) in [6, 6.07) is 3.83. The van der Waals surface area contributed by atoms with Crippen molar-refractivity contribution in [2.45, 2.75) is 20.0 Å². The van der Waals surface area contributed by atoms with Gasteiger partial charge in [-0.15, -0.1) is 0 Å². The minimum atomic E-state index is -0.580. The number of nitro groups is 1. The van der Waals surface area contributed by atoms with Crippen LogP contribution in [0.5, 0.6) is 5.75 Å². The molecular formula is C13H17NO6. The van der Waals surface area contributed by atoms with Crippen LogP contribution in [-0.4, -0.2) is 37.3 Å². The molecular weight excluding hydrogens is 266 g/mol. The van der Waals surface area contributed by atoms with Crippen LogP contribution < -0.4 is 4.74 Å². The van der Waals surface area contributed by atoms with Crippen LogP contribution in [0.2, 0.25) is 0 Å². The summed E-state index contributed by atoms with van der Waals surface area (Å²) in [6.07, 6.45) is 0.0509. The molecule has 1 rings (SSSR count). The van der Waals surface area contributed by atoms with Gasteiger partial charge < -0.3 is 14.2 Å². The van der Waals surface area contributed by atoms with Gasteiger partial charge in [-0.25, -0.2) is 4.79 Å². The monoisotopic (exact) mass is 283 g/mol. The number of ether oxygens (including phenoxy) is 3. The fourth-order valence-electron chi connectivity index (χ4n) is 1.46. The van der Waals surface area contributed by atoms with E-state index in [1.54, 1.807) is 0 Å². The van der Waals surface area contributed by atoms with E-state index in [2.05, 4.69) is 4.74 Å². The maximum atomic E-state index is 11.4. The smallest absolute Gasteiger partial charge is 0.337 e. The molecule has 0 saturated carbocycles. The Bertz CT molecular complexity index is 486. The van der Waals surface area contributed by atoms with Gasteiger partial charge in [0.1, 0.15) is 6.61 Å². The van der Waals surface area contributed by atoms with Crippen molar-refractivity contribution in [1.82, 2.24) is 0 Å². The molecule has 1 aromatic rings. The molecule has 0 spiro atoms. The van der Waals surface area contributed by atoms with E-state index in [-0.39, 0.29) is 29.7 Å². The molecule has 0 aromatic heterocycles. The van der Waals surface area contributed by atoms with E-state index in [4.69, 9.17) is 9.47 Å². The lowest BCUT2D eigenvalue weighted by Crippen LogP contribution is -2.12. The number of nitro benzene ring substituents is 1. The van der Waals surface area contributed by atoms with Crippen molar-refractivity contribution in [2.24, 2.45) is 0 Å². The first kappa shape index (κ1) is 15.9. The minimum Gasteiger partial charge on any atom is -0.484 e. The third-order valence-corrected chi connectivity index (χ3v) is 2.37. The van der Waals surface area contributed by atoms with E-state index in [9.17, 15) is 14.9 Å². The number of methoxy groups -OCH3 is 1. The number of carbonyl (C=O) groups is 1. The molecule has 0 aliphatic heterocycles. The van der Waals surface area contributed by atoms with Gasteiger partial charge in [-0.3, -0.25) is 10.1 Å². The molecule has 0 saturated heterocycles. The Labute approximate surface area is 116 Å². The topological polar surface area (TPSA) is 87.9 Å². The van der Waals surface area contributed by atoms with Crippen molar-refractivity contribution >= 4 is 11.7 Å². The molecule has 0 heterocycles. The van der Waals surface area contributed by atoms with E-state index in [1.807, 2.05) is 13.8 Å². The van der Waals surface area contributed by atoms with E-state index < -0.39 is 10.9 Å². The van der Waals surface area contributed by atoms with Crippen LogP contribution in [-0.2, 0) is 9.47 Å². The molecule has 0 N–H and O–H groups in total. The van der Waals surface area contributed by atoms with Crippen LogP contribution in [0.4, 0.5) is 5.69 Å². The van der Waals surface area contributed by atoms with Crippen LogP contribution in [0.3, 0.4) is 0 Å². The first-order valence-electron chi connectivity index (χ1n) is 6.07. The van der Waals surface area contributed by atoms with Gasteiger partial charge in [-0.05, 0) is 19.9 Å². The number of hydrogen-bond acceptors (Lipinski definition) is 6. The first-order valence-corrected chi connectivity index (χ1v) is 6.07. The van der Waals surface area contributed by atoms with E-state index in [0.717, 1.165) is 0 Å². The molecule has 110 valence electrons. The third-order valence-electron chi connectivity index (χ3n) is 2.37. The van der Waals surface area contributed by atoms with Gasteiger partial charge in [0, 0.05) is 12.1 Å². The average molecular weight is 283 g/mol. The summed E-state index contributed by atoms with van der Waals surface area (Å²) in [6.45, 7) is 4.21. The van der Waals surface area contributed by atoms with Crippen LogP contribution in [0, 0.1) is 10.1 Å². The SMILES string of the molecule is COC(=O)c1ccc([N+](=O)[O-])c(OCCOC(C)C)c1. The minimum absolute atomic E-state index is 0.0188. The normalized spacial score (nSPS) is 10.4. The van der Waals surface area contributed by atoms with Crippen LogP contribution in [0.1, 0.15) is 24.2 Å². The lowest BCUT2D eigenvalue weighted by atomic mass is 10.2. The molecule has 0 bridgehead atoms. The predicted molar refractivity (Wildman–Crippen MR) is 71.0 cm³/mol. The second-order valence-corrected chi connectivity index (χ2v) is 4.20. The zero-order valence-electron chi connectivity index (χ0n) is 11.6. The largest absolute Gasteiger partial charge is 0.484 e. The summed E-state index contributed by atoms with van der Waals surface area (Å²) >= 11 is 0. The maximum absolute atomic E-state index is 11.4. The van der Waals surface area contributed by atoms with Crippen molar-refractivity contribution in [3.8, 4) is 5.75 Å². The summed E-state index contributed by atoms with van der Waals surface area (Å²) in [4.78, 5) is 21.7. The standard InChI is InChI=1S/C13H17NO6/c1-9(2)19-6-7-20-12-8-10(13(15)18-3)4-5-11(12)14(16)17/h4-5,8-9H,6-7H2,1-3H3. The van der Waals surface area contributed by atoms with Gasteiger partial charge in [-0.2, -0.15) is 0 Å². The fraction of sp³-hybridized carbons (Fsp3) is 0.462. The Balaban J connectivity index is 2.83. The number of esters is 1. The maximum Gasteiger partial charge on any atom is 0.337 e. The summed E-state index contributed by atoms with van der Waals surface area (Å²) in [7, 11) is 1.24. The highest BCUT2D eigenvalue weighted by Gasteiger charge is 2.18. The Morgan fingerprint density at radius 2 is 2.05 bits per heavy atom. The Morgan fingerprint density at radius 1 is 1.35 bits per heavy atom. The Hall–Kier alpha value is -2.15. The number of nitrogens with zero attached hydrogens (tertiary/aromatic N) is 1. The Morgan fingerprint density at radius 3 is 2.60 bits per heavy atom. The van der Waals surface area contributed by atoms with Crippen molar-refractivity contribution in [2.75, 3.05) is 20.3 Å². The lowest BCUT2D eigenvalue weighted by Gasteiger charge is -2.10. The predicted octanol–water partition coefficient (Wildman–Crippen LogP) is 2.19. The number of hydrogen-bond donors (Lipinski definition) is 0. The fourth-order valence-corrected chi connectivity index (χ4v) is 1.46. The molecule has 20 heavy (non-hydrogen) atoms. The van der Waals surface area contributed by atoms with Gasteiger partial charge in [0.05, 0.1) is 30.3 Å².